The molecule has 2 N–H and O–H groups in total. The van der Waals surface area contributed by atoms with E-state index in [1.54, 1.807) is 6.20 Å². The van der Waals surface area contributed by atoms with Crippen LogP contribution in [0.15, 0.2) is 78.5 Å². The van der Waals surface area contributed by atoms with Gasteiger partial charge in [0, 0.05) is 29.6 Å². The van der Waals surface area contributed by atoms with Crippen LogP contribution < -0.4 is 10.6 Å². The number of nitrogens with one attached hydrogen (secondary N) is 2. The lowest BCUT2D eigenvalue weighted by Crippen LogP contribution is -2.24. The molecule has 1 aliphatic rings. The Hall–Kier alpha value is -3.47. The minimum atomic E-state index is -0.0530. The fourth-order valence-corrected chi connectivity index (χ4v) is 3.61. The molecule has 2 aromatic carbocycles. The SMILES string of the molecule is O=C(NCCC1=CCCCC1)c1cccc(Nc2ccnc(-c3ccccc3)n2)c1. The van der Waals surface area contributed by atoms with Gasteiger partial charge in [0.25, 0.3) is 5.91 Å². The molecule has 3 aromatic rings. The number of amides is 1. The second kappa shape index (κ2) is 9.83. The summed E-state index contributed by atoms with van der Waals surface area (Å²) in [7, 11) is 0. The zero-order valence-electron chi connectivity index (χ0n) is 17.0. The van der Waals surface area contributed by atoms with E-state index in [9.17, 15) is 4.79 Å². The summed E-state index contributed by atoms with van der Waals surface area (Å²) in [6.45, 7) is 0.675. The van der Waals surface area contributed by atoms with Crippen LogP contribution in [0.3, 0.4) is 0 Å². The summed E-state index contributed by atoms with van der Waals surface area (Å²) in [4.78, 5) is 21.5. The van der Waals surface area contributed by atoms with E-state index >= 15 is 0 Å². The maximum Gasteiger partial charge on any atom is 0.251 e. The third-order valence-corrected chi connectivity index (χ3v) is 5.20. The average molecular weight is 399 g/mol. The Morgan fingerprint density at radius 1 is 1.00 bits per heavy atom. The monoisotopic (exact) mass is 398 g/mol. The second-order valence-electron chi connectivity index (χ2n) is 7.45. The Bertz CT molecular complexity index is 1030. The molecular formula is C25H26N4O. The van der Waals surface area contributed by atoms with Crippen LogP contribution in [-0.2, 0) is 0 Å². The Morgan fingerprint density at radius 2 is 1.90 bits per heavy atom. The molecule has 0 aliphatic heterocycles. The van der Waals surface area contributed by atoms with Gasteiger partial charge in [-0.05, 0) is 56.4 Å². The summed E-state index contributed by atoms with van der Waals surface area (Å²) in [5, 5.41) is 6.31. The van der Waals surface area contributed by atoms with E-state index in [0.29, 0.717) is 23.8 Å². The van der Waals surface area contributed by atoms with E-state index in [4.69, 9.17) is 0 Å². The minimum Gasteiger partial charge on any atom is -0.352 e. The largest absolute Gasteiger partial charge is 0.352 e. The highest BCUT2D eigenvalue weighted by Crippen LogP contribution is 2.21. The average Bonchev–Trinajstić information content (AvgIpc) is 2.81. The number of carbonyl (C=O) groups excluding carboxylic acids is 1. The first-order valence-electron chi connectivity index (χ1n) is 10.5. The van der Waals surface area contributed by atoms with Crippen LogP contribution in [-0.4, -0.2) is 22.4 Å². The summed E-state index contributed by atoms with van der Waals surface area (Å²) in [5.74, 6) is 1.29. The van der Waals surface area contributed by atoms with Crippen molar-refractivity contribution in [2.24, 2.45) is 0 Å². The number of hydrogen-bond donors (Lipinski definition) is 2. The normalized spacial score (nSPS) is 13.4. The van der Waals surface area contributed by atoms with Gasteiger partial charge in [0.2, 0.25) is 0 Å². The molecule has 1 amide bonds. The Morgan fingerprint density at radius 3 is 2.73 bits per heavy atom. The van der Waals surface area contributed by atoms with Crippen LogP contribution in [0.1, 0.15) is 42.5 Å². The first kappa shape index (κ1) is 19.8. The van der Waals surface area contributed by atoms with Crippen LogP contribution in [0.2, 0.25) is 0 Å². The molecular weight excluding hydrogens is 372 g/mol. The smallest absolute Gasteiger partial charge is 0.251 e. The Balaban J connectivity index is 1.38. The van der Waals surface area contributed by atoms with Gasteiger partial charge in [0.15, 0.2) is 5.82 Å². The zero-order chi connectivity index (χ0) is 20.6. The van der Waals surface area contributed by atoms with Gasteiger partial charge < -0.3 is 10.6 Å². The van der Waals surface area contributed by atoms with Crippen molar-refractivity contribution in [1.82, 2.24) is 15.3 Å². The van der Waals surface area contributed by atoms with Gasteiger partial charge in [-0.1, -0.05) is 48.0 Å². The van der Waals surface area contributed by atoms with Crippen molar-refractivity contribution in [2.75, 3.05) is 11.9 Å². The van der Waals surface area contributed by atoms with Gasteiger partial charge in [-0.15, -0.1) is 0 Å². The molecule has 1 aliphatic carbocycles. The van der Waals surface area contributed by atoms with Crippen molar-refractivity contribution in [3.63, 3.8) is 0 Å². The van der Waals surface area contributed by atoms with Gasteiger partial charge in [0.1, 0.15) is 5.82 Å². The second-order valence-corrected chi connectivity index (χ2v) is 7.45. The summed E-state index contributed by atoms with van der Waals surface area (Å²) in [6, 6.07) is 19.1. The predicted molar refractivity (Wildman–Crippen MR) is 121 cm³/mol. The van der Waals surface area contributed by atoms with Crippen molar-refractivity contribution in [2.45, 2.75) is 32.1 Å². The molecule has 152 valence electrons. The quantitative estimate of drug-likeness (QED) is 0.515. The van der Waals surface area contributed by atoms with Crippen molar-refractivity contribution in [3.05, 3.63) is 84.1 Å². The van der Waals surface area contributed by atoms with Gasteiger partial charge in [0.05, 0.1) is 0 Å². The molecule has 4 rings (SSSR count). The highest BCUT2D eigenvalue weighted by molar-refractivity contribution is 5.95. The first-order valence-corrected chi connectivity index (χ1v) is 10.5. The van der Waals surface area contributed by atoms with E-state index in [2.05, 4.69) is 26.7 Å². The van der Waals surface area contributed by atoms with Gasteiger partial charge in [-0.25, -0.2) is 9.97 Å². The van der Waals surface area contributed by atoms with E-state index in [1.165, 1.54) is 31.3 Å². The molecule has 1 heterocycles. The summed E-state index contributed by atoms with van der Waals surface area (Å²) < 4.78 is 0. The fourth-order valence-electron chi connectivity index (χ4n) is 3.61. The third kappa shape index (κ3) is 5.32. The van der Waals surface area contributed by atoms with Gasteiger partial charge in [-0.3, -0.25) is 4.79 Å². The maximum absolute atomic E-state index is 12.5. The van der Waals surface area contributed by atoms with Gasteiger partial charge in [-0.2, -0.15) is 0 Å². The summed E-state index contributed by atoms with van der Waals surface area (Å²) in [5.41, 5.74) is 3.88. The molecule has 30 heavy (non-hydrogen) atoms. The number of nitrogens with zero attached hydrogens (tertiary/aromatic N) is 2. The Labute approximate surface area is 177 Å². The molecule has 0 spiro atoms. The molecule has 0 bridgehead atoms. The molecule has 5 heteroatoms. The lowest BCUT2D eigenvalue weighted by molar-refractivity contribution is 0.0954. The molecule has 0 saturated heterocycles. The number of hydrogen-bond acceptors (Lipinski definition) is 4. The van der Waals surface area contributed by atoms with Crippen molar-refractivity contribution < 1.29 is 4.79 Å². The number of benzene rings is 2. The first-order chi connectivity index (χ1) is 14.8. The molecule has 5 nitrogen and oxygen atoms in total. The number of rotatable bonds is 7. The molecule has 1 aromatic heterocycles. The third-order valence-electron chi connectivity index (χ3n) is 5.20. The fraction of sp³-hybridized carbons (Fsp3) is 0.240. The van der Waals surface area contributed by atoms with E-state index < -0.39 is 0 Å². The van der Waals surface area contributed by atoms with Crippen LogP contribution in [0.5, 0.6) is 0 Å². The standard InChI is InChI=1S/C25H26N4O/c30-25(27-16-14-19-8-3-1-4-9-19)21-12-7-13-22(18-21)28-23-15-17-26-24(29-23)20-10-5-2-6-11-20/h2,5-8,10-13,15,17-18H,1,3-4,9,14,16H2,(H,27,30)(H,26,28,29). The minimum absolute atomic E-state index is 0.0530. The van der Waals surface area contributed by atoms with Crippen LogP contribution in [0.25, 0.3) is 11.4 Å². The molecule has 0 atom stereocenters. The number of aromatic nitrogens is 2. The Kier molecular flexibility index (Phi) is 6.50. The predicted octanol–water partition coefficient (Wildman–Crippen LogP) is 5.51. The van der Waals surface area contributed by atoms with Gasteiger partial charge >= 0.3 is 0 Å². The number of anilines is 2. The van der Waals surface area contributed by atoms with E-state index in [-0.39, 0.29) is 5.91 Å². The highest BCUT2D eigenvalue weighted by atomic mass is 16.1. The van der Waals surface area contributed by atoms with Crippen molar-refractivity contribution in [3.8, 4) is 11.4 Å². The summed E-state index contributed by atoms with van der Waals surface area (Å²) in [6.07, 6.45) is 9.88. The van der Waals surface area contributed by atoms with Crippen LogP contribution in [0, 0.1) is 0 Å². The van der Waals surface area contributed by atoms with E-state index in [0.717, 1.165) is 17.7 Å². The van der Waals surface area contributed by atoms with Crippen LogP contribution in [0.4, 0.5) is 11.5 Å². The molecule has 0 radical (unpaired) electrons. The zero-order valence-corrected chi connectivity index (χ0v) is 17.0. The number of carbonyl (C=O) groups is 1. The maximum atomic E-state index is 12.5. The lowest BCUT2D eigenvalue weighted by Gasteiger charge is -2.13. The lowest BCUT2D eigenvalue weighted by atomic mass is 9.97. The molecule has 0 fully saturated rings. The van der Waals surface area contributed by atoms with E-state index in [1.807, 2.05) is 60.7 Å². The molecule has 0 unspecified atom stereocenters. The van der Waals surface area contributed by atoms with Crippen LogP contribution >= 0.6 is 0 Å². The van der Waals surface area contributed by atoms with Crippen molar-refractivity contribution >= 4 is 17.4 Å². The highest BCUT2D eigenvalue weighted by Gasteiger charge is 2.09. The van der Waals surface area contributed by atoms with Crippen molar-refractivity contribution in [1.29, 1.82) is 0 Å². The number of allylic oxidation sites excluding steroid dienone is 1. The summed E-state index contributed by atoms with van der Waals surface area (Å²) >= 11 is 0. The topological polar surface area (TPSA) is 66.9 Å². The molecule has 0 saturated carbocycles.